The fourth-order valence-electron chi connectivity index (χ4n) is 2.84. The van der Waals surface area contributed by atoms with Crippen LogP contribution in [-0.2, 0) is 5.75 Å². The van der Waals surface area contributed by atoms with Crippen molar-refractivity contribution < 1.29 is 4.39 Å². The zero-order chi connectivity index (χ0) is 18.1. The lowest BCUT2D eigenvalue weighted by Crippen LogP contribution is -1.92. The molecule has 0 aliphatic heterocycles. The summed E-state index contributed by atoms with van der Waals surface area (Å²) in [7, 11) is 0. The average molecular weight is 381 g/mol. The Morgan fingerprint density at radius 1 is 1.04 bits per heavy atom. The van der Waals surface area contributed by atoms with E-state index in [1.165, 1.54) is 17.2 Å². The number of nitrogens with zero attached hydrogens (tertiary/aromatic N) is 2. The van der Waals surface area contributed by atoms with Gasteiger partial charge in [-0.2, -0.15) is 0 Å². The third-order valence-corrected chi connectivity index (χ3v) is 6.06. The number of aromatic nitrogens is 2. The molecule has 0 bridgehead atoms. The van der Waals surface area contributed by atoms with Crippen LogP contribution in [0.3, 0.4) is 0 Å². The molecule has 0 aliphatic rings. The average Bonchev–Trinajstić information content (AvgIpc) is 3.04. The number of thioether (sulfide) groups is 1. The molecule has 4 aromatic rings. The molecule has 0 spiro atoms. The number of fused-ring (bicyclic) bond motifs is 1. The number of aryl methyl sites for hydroxylation is 2. The minimum Gasteiger partial charge on any atom is -0.226 e. The van der Waals surface area contributed by atoms with Crippen molar-refractivity contribution in [3.05, 3.63) is 76.7 Å². The maximum Gasteiger partial charge on any atom is 0.128 e. The summed E-state index contributed by atoms with van der Waals surface area (Å²) in [5.74, 6) is 1.23. The van der Waals surface area contributed by atoms with Crippen LogP contribution in [0.1, 0.15) is 17.0 Å². The van der Waals surface area contributed by atoms with Crippen LogP contribution in [0.5, 0.6) is 0 Å². The van der Waals surface area contributed by atoms with E-state index in [1.807, 2.05) is 13.0 Å². The number of halogens is 1. The molecule has 0 radical (unpaired) electrons. The predicted molar refractivity (Wildman–Crippen MR) is 108 cm³/mol. The topological polar surface area (TPSA) is 25.8 Å². The number of rotatable bonds is 4. The van der Waals surface area contributed by atoms with Gasteiger partial charge in [-0.25, -0.2) is 14.4 Å². The number of benzene rings is 2. The van der Waals surface area contributed by atoms with Crippen molar-refractivity contribution in [1.29, 1.82) is 0 Å². The maximum atomic E-state index is 13.4. The minimum atomic E-state index is -0.206. The normalized spacial score (nSPS) is 11.2. The number of hydrogen-bond acceptors (Lipinski definition) is 4. The highest BCUT2D eigenvalue weighted by Gasteiger charge is 2.15. The van der Waals surface area contributed by atoms with E-state index in [-0.39, 0.29) is 5.82 Å². The van der Waals surface area contributed by atoms with Gasteiger partial charge in [0.2, 0.25) is 0 Å². The first kappa shape index (κ1) is 17.2. The van der Waals surface area contributed by atoms with Crippen LogP contribution in [-0.4, -0.2) is 9.97 Å². The quantitative estimate of drug-likeness (QED) is 0.302. The molecule has 5 heteroatoms. The highest BCUT2D eigenvalue weighted by atomic mass is 32.2. The Kier molecular flexibility index (Phi) is 4.74. The molecule has 0 saturated carbocycles. The molecule has 2 aromatic carbocycles. The van der Waals surface area contributed by atoms with Crippen LogP contribution in [0.4, 0.5) is 4.39 Å². The summed E-state index contributed by atoms with van der Waals surface area (Å²) in [6, 6.07) is 15.2. The summed E-state index contributed by atoms with van der Waals surface area (Å²) >= 11 is 3.27. The van der Waals surface area contributed by atoms with Gasteiger partial charge in [0.05, 0.1) is 5.39 Å². The zero-order valence-electron chi connectivity index (χ0n) is 14.5. The number of thiophene rings is 1. The Labute approximate surface area is 160 Å². The molecule has 26 heavy (non-hydrogen) atoms. The Bertz CT molecular complexity index is 1070. The summed E-state index contributed by atoms with van der Waals surface area (Å²) in [5.41, 5.74) is 4.52. The number of hydrogen-bond donors (Lipinski definition) is 0. The lowest BCUT2D eigenvalue weighted by atomic mass is 10.1. The van der Waals surface area contributed by atoms with Gasteiger partial charge in [-0.05, 0) is 37.1 Å². The van der Waals surface area contributed by atoms with Gasteiger partial charge >= 0.3 is 0 Å². The van der Waals surface area contributed by atoms with Crippen molar-refractivity contribution >= 4 is 33.3 Å². The molecule has 0 atom stereocenters. The second-order valence-corrected chi connectivity index (χ2v) is 8.01. The molecule has 0 N–H and O–H groups in total. The second-order valence-electron chi connectivity index (χ2n) is 6.19. The van der Waals surface area contributed by atoms with Crippen molar-refractivity contribution in [3.8, 4) is 11.1 Å². The van der Waals surface area contributed by atoms with Crippen molar-refractivity contribution in [3.63, 3.8) is 0 Å². The lowest BCUT2D eigenvalue weighted by Gasteiger charge is -2.07. The fraction of sp³-hybridized carbons (Fsp3) is 0.143. The SMILES string of the molecule is Cc1ccc(-c2csc3nc(C)nc(SCc4cccc(F)c4)c23)cc1. The van der Waals surface area contributed by atoms with E-state index in [1.54, 1.807) is 35.2 Å². The van der Waals surface area contributed by atoms with Crippen LogP contribution in [0, 0.1) is 19.7 Å². The summed E-state index contributed by atoms with van der Waals surface area (Å²) in [4.78, 5) is 10.3. The van der Waals surface area contributed by atoms with Gasteiger partial charge in [0.1, 0.15) is 21.5 Å². The van der Waals surface area contributed by atoms with Crippen LogP contribution in [0.2, 0.25) is 0 Å². The molecule has 0 fully saturated rings. The lowest BCUT2D eigenvalue weighted by molar-refractivity contribution is 0.626. The molecule has 0 amide bonds. The van der Waals surface area contributed by atoms with Gasteiger partial charge in [-0.3, -0.25) is 0 Å². The molecule has 0 saturated heterocycles. The van der Waals surface area contributed by atoms with Crippen LogP contribution in [0.15, 0.2) is 58.9 Å². The van der Waals surface area contributed by atoms with Crippen molar-refractivity contribution in [2.24, 2.45) is 0 Å². The van der Waals surface area contributed by atoms with Crippen molar-refractivity contribution in [2.45, 2.75) is 24.6 Å². The van der Waals surface area contributed by atoms with E-state index in [2.05, 4.69) is 46.5 Å². The molecule has 2 nitrogen and oxygen atoms in total. The highest BCUT2D eigenvalue weighted by Crippen LogP contribution is 2.39. The summed E-state index contributed by atoms with van der Waals surface area (Å²) < 4.78 is 13.4. The van der Waals surface area contributed by atoms with Crippen LogP contribution < -0.4 is 0 Å². The van der Waals surface area contributed by atoms with Gasteiger partial charge in [0.25, 0.3) is 0 Å². The molecule has 130 valence electrons. The minimum absolute atomic E-state index is 0.206. The smallest absolute Gasteiger partial charge is 0.128 e. The van der Waals surface area contributed by atoms with Gasteiger partial charge in [0, 0.05) is 16.7 Å². The van der Waals surface area contributed by atoms with Gasteiger partial charge in [-0.15, -0.1) is 23.1 Å². The third-order valence-electron chi connectivity index (χ3n) is 4.14. The molecule has 4 rings (SSSR count). The Morgan fingerprint density at radius 2 is 1.85 bits per heavy atom. The summed E-state index contributed by atoms with van der Waals surface area (Å²) in [6.45, 7) is 4.00. The Balaban J connectivity index is 1.75. The Hall–Kier alpha value is -2.24. The van der Waals surface area contributed by atoms with Crippen molar-refractivity contribution in [2.75, 3.05) is 0 Å². The summed E-state index contributed by atoms with van der Waals surface area (Å²) in [6.07, 6.45) is 0. The fourth-order valence-corrected chi connectivity index (χ4v) is 4.93. The molecule has 0 aliphatic carbocycles. The second kappa shape index (κ2) is 7.17. The van der Waals surface area contributed by atoms with Crippen LogP contribution >= 0.6 is 23.1 Å². The highest BCUT2D eigenvalue weighted by molar-refractivity contribution is 7.98. The van der Waals surface area contributed by atoms with E-state index >= 15 is 0 Å². The van der Waals surface area contributed by atoms with Crippen LogP contribution in [0.25, 0.3) is 21.3 Å². The molecule has 2 aromatic heterocycles. The van der Waals surface area contributed by atoms with Gasteiger partial charge < -0.3 is 0 Å². The zero-order valence-corrected chi connectivity index (χ0v) is 16.1. The predicted octanol–water partition coefficient (Wildman–Crippen LogP) is 6.41. The largest absolute Gasteiger partial charge is 0.226 e. The standard InChI is InChI=1S/C21H17FN2S2/c1-13-6-8-16(9-7-13)18-12-26-21-19(18)20(23-14(2)24-21)25-11-15-4-3-5-17(22)10-15/h3-10,12H,11H2,1-2H3. The first-order valence-electron chi connectivity index (χ1n) is 8.30. The van der Waals surface area contributed by atoms with E-state index in [9.17, 15) is 4.39 Å². The molecule has 2 heterocycles. The molecule has 0 unspecified atom stereocenters. The van der Waals surface area contributed by atoms with Gasteiger partial charge in [0.15, 0.2) is 0 Å². The monoisotopic (exact) mass is 380 g/mol. The van der Waals surface area contributed by atoms with E-state index < -0.39 is 0 Å². The van der Waals surface area contributed by atoms with E-state index in [0.29, 0.717) is 5.75 Å². The molecular weight excluding hydrogens is 363 g/mol. The maximum absolute atomic E-state index is 13.4. The van der Waals surface area contributed by atoms with Gasteiger partial charge in [-0.1, -0.05) is 42.0 Å². The third kappa shape index (κ3) is 3.50. The van der Waals surface area contributed by atoms with E-state index in [0.717, 1.165) is 32.2 Å². The Morgan fingerprint density at radius 3 is 2.62 bits per heavy atom. The molecular formula is C21H17FN2S2. The van der Waals surface area contributed by atoms with E-state index in [4.69, 9.17) is 0 Å². The summed E-state index contributed by atoms with van der Waals surface area (Å²) in [5, 5.41) is 4.19. The van der Waals surface area contributed by atoms with Crippen molar-refractivity contribution in [1.82, 2.24) is 9.97 Å². The first-order chi connectivity index (χ1) is 12.6. The first-order valence-corrected chi connectivity index (χ1v) is 10.2.